The average Bonchev–Trinajstić information content (AvgIpc) is 2.54. The Balaban J connectivity index is 3.25. The van der Waals surface area contributed by atoms with Crippen LogP contribution >= 0.6 is 0 Å². The minimum atomic E-state index is 0.297. The van der Waals surface area contributed by atoms with E-state index in [0.717, 1.165) is 13.0 Å². The van der Waals surface area contributed by atoms with Gasteiger partial charge >= 0.3 is 0 Å². The summed E-state index contributed by atoms with van der Waals surface area (Å²) in [6.45, 7) is 5.91. The Kier molecular flexibility index (Phi) is 18.9. The lowest BCUT2D eigenvalue weighted by Gasteiger charge is -2.16. The fourth-order valence-electron chi connectivity index (χ4n) is 2.99. The normalized spacial score (nSPS) is 12.7. The molecule has 0 aromatic carbocycles. The number of nitrogens with one attached hydrogen (secondary N) is 1. The second kappa shape index (κ2) is 19.0. The molecule has 2 nitrogen and oxygen atoms in total. The molecule has 0 aliphatic carbocycles. The summed E-state index contributed by atoms with van der Waals surface area (Å²) in [5.41, 5.74) is 0. The van der Waals surface area contributed by atoms with Crippen LogP contribution in [0.15, 0.2) is 0 Å². The third-order valence-corrected chi connectivity index (χ3v) is 4.59. The molecule has 1 atom stereocenters. The number of aliphatic hydroxyl groups is 1. The molecule has 0 saturated carbocycles. The number of hydrogen-bond donors (Lipinski definition) is 2. The van der Waals surface area contributed by atoms with Gasteiger partial charge in [0.05, 0.1) is 6.61 Å². The van der Waals surface area contributed by atoms with Crippen molar-refractivity contribution in [3.8, 4) is 0 Å². The smallest absolute Gasteiger partial charge is 0.0584 e. The maximum Gasteiger partial charge on any atom is 0.0584 e. The van der Waals surface area contributed by atoms with Crippen LogP contribution in [0.1, 0.15) is 110 Å². The van der Waals surface area contributed by atoms with Crippen LogP contribution in [0.3, 0.4) is 0 Å². The molecule has 0 aliphatic rings. The van der Waals surface area contributed by atoms with Crippen molar-refractivity contribution in [1.82, 2.24) is 5.32 Å². The molecule has 0 bridgehead atoms. The summed E-state index contributed by atoms with van der Waals surface area (Å²) in [7, 11) is 0. The molecule has 0 rings (SSSR count). The Morgan fingerprint density at radius 2 is 1.09 bits per heavy atom. The third-order valence-electron chi connectivity index (χ3n) is 4.59. The van der Waals surface area contributed by atoms with Gasteiger partial charge < -0.3 is 10.4 Å². The standard InChI is InChI=1S/C20H43NO/c1-3-5-7-9-10-11-12-14-16-18-21-20(19-22)17-15-13-8-6-4-2/h20-22H,3-19H2,1-2H3. The highest BCUT2D eigenvalue weighted by atomic mass is 16.3. The molecule has 0 amide bonds. The first-order valence-electron chi connectivity index (χ1n) is 10.2. The highest BCUT2D eigenvalue weighted by Gasteiger charge is 2.05. The van der Waals surface area contributed by atoms with E-state index in [1.165, 1.54) is 89.9 Å². The van der Waals surface area contributed by atoms with E-state index in [0.29, 0.717) is 12.6 Å². The van der Waals surface area contributed by atoms with Crippen LogP contribution in [-0.4, -0.2) is 24.3 Å². The van der Waals surface area contributed by atoms with Gasteiger partial charge in [-0.3, -0.25) is 0 Å². The van der Waals surface area contributed by atoms with Crippen LogP contribution < -0.4 is 5.32 Å². The quantitative estimate of drug-likeness (QED) is 0.312. The molecule has 0 spiro atoms. The summed E-state index contributed by atoms with van der Waals surface area (Å²) in [6.07, 6.45) is 20.2. The summed E-state index contributed by atoms with van der Waals surface area (Å²) in [4.78, 5) is 0. The number of hydrogen-bond acceptors (Lipinski definition) is 2. The highest BCUT2D eigenvalue weighted by molar-refractivity contribution is 4.65. The second-order valence-electron chi connectivity index (χ2n) is 6.86. The van der Waals surface area contributed by atoms with E-state index in [1.807, 2.05) is 0 Å². The van der Waals surface area contributed by atoms with E-state index < -0.39 is 0 Å². The maximum atomic E-state index is 9.41. The molecular weight excluding hydrogens is 270 g/mol. The van der Waals surface area contributed by atoms with Crippen LogP contribution in [0.5, 0.6) is 0 Å². The zero-order valence-electron chi connectivity index (χ0n) is 15.5. The average molecular weight is 314 g/mol. The van der Waals surface area contributed by atoms with Gasteiger partial charge in [0, 0.05) is 6.04 Å². The topological polar surface area (TPSA) is 32.3 Å². The van der Waals surface area contributed by atoms with Crippen LogP contribution in [0.25, 0.3) is 0 Å². The van der Waals surface area contributed by atoms with Crippen LogP contribution in [0, 0.1) is 0 Å². The van der Waals surface area contributed by atoms with Crippen molar-refractivity contribution >= 4 is 0 Å². The van der Waals surface area contributed by atoms with Gasteiger partial charge in [0.1, 0.15) is 0 Å². The lowest BCUT2D eigenvalue weighted by atomic mass is 10.1. The Morgan fingerprint density at radius 3 is 1.59 bits per heavy atom. The van der Waals surface area contributed by atoms with Gasteiger partial charge in [-0.05, 0) is 19.4 Å². The molecule has 0 aromatic heterocycles. The van der Waals surface area contributed by atoms with Crippen LogP contribution in [0.4, 0.5) is 0 Å². The van der Waals surface area contributed by atoms with Gasteiger partial charge in [-0.15, -0.1) is 0 Å². The van der Waals surface area contributed by atoms with Crippen molar-refractivity contribution < 1.29 is 5.11 Å². The van der Waals surface area contributed by atoms with E-state index in [9.17, 15) is 5.11 Å². The lowest BCUT2D eigenvalue weighted by molar-refractivity contribution is 0.232. The minimum Gasteiger partial charge on any atom is -0.395 e. The van der Waals surface area contributed by atoms with Crippen molar-refractivity contribution in [3.05, 3.63) is 0 Å². The Labute approximate surface area is 140 Å². The first-order valence-corrected chi connectivity index (χ1v) is 10.2. The molecule has 0 aliphatic heterocycles. The van der Waals surface area contributed by atoms with Gasteiger partial charge in [-0.25, -0.2) is 0 Å². The van der Waals surface area contributed by atoms with Gasteiger partial charge in [-0.2, -0.15) is 0 Å². The molecule has 2 heteroatoms. The molecule has 0 fully saturated rings. The Hall–Kier alpha value is -0.0800. The van der Waals surface area contributed by atoms with Gasteiger partial charge in [-0.1, -0.05) is 97.3 Å². The van der Waals surface area contributed by atoms with Crippen LogP contribution in [-0.2, 0) is 0 Å². The minimum absolute atomic E-state index is 0.297. The fraction of sp³-hybridized carbons (Fsp3) is 1.00. The summed E-state index contributed by atoms with van der Waals surface area (Å²) < 4.78 is 0. The van der Waals surface area contributed by atoms with E-state index in [-0.39, 0.29) is 0 Å². The molecule has 0 saturated heterocycles. The predicted octanol–water partition coefficient (Wildman–Crippen LogP) is 5.83. The zero-order chi connectivity index (χ0) is 16.3. The predicted molar refractivity (Wildman–Crippen MR) is 99.5 cm³/mol. The van der Waals surface area contributed by atoms with E-state index in [1.54, 1.807) is 0 Å². The largest absolute Gasteiger partial charge is 0.395 e. The number of aliphatic hydroxyl groups excluding tert-OH is 1. The first kappa shape index (κ1) is 21.9. The van der Waals surface area contributed by atoms with Crippen molar-refractivity contribution in [2.75, 3.05) is 13.2 Å². The second-order valence-corrected chi connectivity index (χ2v) is 6.86. The van der Waals surface area contributed by atoms with E-state index in [4.69, 9.17) is 0 Å². The summed E-state index contributed by atoms with van der Waals surface area (Å²) in [5.74, 6) is 0. The molecule has 22 heavy (non-hydrogen) atoms. The molecule has 0 radical (unpaired) electrons. The molecular formula is C20H43NO. The van der Waals surface area contributed by atoms with E-state index in [2.05, 4.69) is 19.2 Å². The molecule has 1 unspecified atom stereocenters. The zero-order valence-corrected chi connectivity index (χ0v) is 15.5. The molecule has 0 heterocycles. The molecule has 134 valence electrons. The van der Waals surface area contributed by atoms with Gasteiger partial charge in [0.15, 0.2) is 0 Å². The number of unbranched alkanes of at least 4 members (excludes halogenated alkanes) is 12. The fourth-order valence-corrected chi connectivity index (χ4v) is 2.99. The lowest BCUT2D eigenvalue weighted by Crippen LogP contribution is -2.33. The van der Waals surface area contributed by atoms with E-state index >= 15 is 0 Å². The SMILES string of the molecule is CCCCCCCCCCCNC(CO)CCCCCCC. The summed E-state index contributed by atoms with van der Waals surface area (Å²) in [5, 5.41) is 12.9. The maximum absolute atomic E-state index is 9.41. The third kappa shape index (κ3) is 16.3. The number of rotatable bonds is 18. The highest BCUT2D eigenvalue weighted by Crippen LogP contribution is 2.10. The first-order chi connectivity index (χ1) is 10.8. The van der Waals surface area contributed by atoms with Gasteiger partial charge in [0.25, 0.3) is 0 Å². The van der Waals surface area contributed by atoms with Crippen LogP contribution in [0.2, 0.25) is 0 Å². The van der Waals surface area contributed by atoms with Crippen molar-refractivity contribution in [2.45, 2.75) is 116 Å². The van der Waals surface area contributed by atoms with Crippen molar-refractivity contribution in [1.29, 1.82) is 0 Å². The molecule has 0 aromatic rings. The summed E-state index contributed by atoms with van der Waals surface area (Å²) >= 11 is 0. The van der Waals surface area contributed by atoms with Gasteiger partial charge in [0.2, 0.25) is 0 Å². The van der Waals surface area contributed by atoms with Crippen molar-refractivity contribution in [2.24, 2.45) is 0 Å². The summed E-state index contributed by atoms with van der Waals surface area (Å²) in [6, 6.07) is 0.329. The Morgan fingerprint density at radius 1 is 0.636 bits per heavy atom. The Bertz CT molecular complexity index is 196. The van der Waals surface area contributed by atoms with Crippen molar-refractivity contribution in [3.63, 3.8) is 0 Å². The monoisotopic (exact) mass is 313 g/mol. The molecule has 2 N–H and O–H groups in total.